The van der Waals surface area contributed by atoms with E-state index in [0.29, 0.717) is 12.5 Å². The Morgan fingerprint density at radius 1 is 1.40 bits per heavy atom. The molecule has 0 aliphatic carbocycles. The van der Waals surface area contributed by atoms with Gasteiger partial charge in [-0.2, -0.15) is 0 Å². The van der Waals surface area contributed by atoms with E-state index in [4.69, 9.17) is 0 Å². The van der Waals surface area contributed by atoms with Gasteiger partial charge in [0.2, 0.25) is 0 Å². The minimum atomic E-state index is -3.41. The molecule has 1 aromatic carbocycles. The van der Waals surface area contributed by atoms with Crippen LogP contribution in [0.5, 0.6) is 0 Å². The van der Waals surface area contributed by atoms with Crippen molar-refractivity contribution in [1.29, 1.82) is 0 Å². The minimum Gasteiger partial charge on any atom is -0.314 e. The van der Waals surface area contributed by atoms with E-state index in [9.17, 15) is 12.8 Å². The molecular formula is C14H20FNO2S2. The van der Waals surface area contributed by atoms with Crippen LogP contribution >= 0.6 is 11.8 Å². The zero-order valence-corrected chi connectivity index (χ0v) is 13.4. The summed E-state index contributed by atoms with van der Waals surface area (Å²) in [5.74, 6) is -0.439. The van der Waals surface area contributed by atoms with Crippen molar-refractivity contribution >= 4 is 21.6 Å². The molecule has 1 fully saturated rings. The summed E-state index contributed by atoms with van der Waals surface area (Å²) in [6.07, 6.45) is 6.89. The van der Waals surface area contributed by atoms with Gasteiger partial charge in [-0.05, 0) is 49.8 Å². The topological polar surface area (TPSA) is 46.2 Å². The normalized spacial score (nSPS) is 20.1. The first-order chi connectivity index (χ1) is 9.41. The number of benzene rings is 1. The smallest absolute Gasteiger partial charge is 0.176 e. The monoisotopic (exact) mass is 317 g/mol. The maximum absolute atomic E-state index is 14.1. The third-order valence-corrected chi connectivity index (χ3v) is 5.64. The number of halogens is 1. The molecule has 1 saturated heterocycles. The molecular weight excluding hydrogens is 297 g/mol. The summed E-state index contributed by atoms with van der Waals surface area (Å²) in [7, 11) is -3.41. The first-order valence-corrected chi connectivity index (χ1v) is 9.83. The lowest BCUT2D eigenvalue weighted by molar-refractivity contribution is 0.398. The molecule has 1 aliphatic rings. The Hall–Kier alpha value is -0.590. The van der Waals surface area contributed by atoms with Crippen LogP contribution < -0.4 is 5.32 Å². The summed E-state index contributed by atoms with van der Waals surface area (Å²) in [5, 5.41) is 3.40. The highest BCUT2D eigenvalue weighted by molar-refractivity contribution is 7.99. The molecule has 1 aliphatic heterocycles. The summed E-state index contributed by atoms with van der Waals surface area (Å²) < 4.78 is 37.7. The molecule has 1 heterocycles. The number of rotatable bonds is 4. The maximum Gasteiger partial charge on any atom is 0.176 e. The van der Waals surface area contributed by atoms with E-state index < -0.39 is 15.7 Å². The van der Waals surface area contributed by atoms with Gasteiger partial charge in [-0.1, -0.05) is 6.42 Å². The van der Waals surface area contributed by atoms with E-state index in [1.165, 1.54) is 18.9 Å². The molecule has 2 rings (SSSR count). The standard InChI is InChI=1S/C14H20FNO2S2/c1-19-14-12(15)8-10(9-13(14)20(2,17)18)7-11-5-3-4-6-16-11/h8-9,11,16H,3-7H2,1-2H3. The summed E-state index contributed by atoms with van der Waals surface area (Å²) in [6, 6.07) is 3.41. The molecule has 1 unspecified atom stereocenters. The molecule has 112 valence electrons. The molecule has 20 heavy (non-hydrogen) atoms. The Balaban J connectivity index is 2.33. The number of hydrogen-bond acceptors (Lipinski definition) is 4. The summed E-state index contributed by atoms with van der Waals surface area (Å²) in [5.41, 5.74) is 0.750. The fourth-order valence-corrected chi connectivity index (χ4v) is 4.61. The van der Waals surface area contributed by atoms with Crippen molar-refractivity contribution in [3.63, 3.8) is 0 Å². The molecule has 1 aromatic rings. The van der Waals surface area contributed by atoms with Crippen LogP contribution in [0.2, 0.25) is 0 Å². The number of piperidine rings is 1. The zero-order chi connectivity index (χ0) is 14.8. The van der Waals surface area contributed by atoms with E-state index in [1.807, 2.05) is 0 Å². The molecule has 1 atom stereocenters. The van der Waals surface area contributed by atoms with Crippen molar-refractivity contribution in [2.45, 2.75) is 41.5 Å². The highest BCUT2D eigenvalue weighted by Crippen LogP contribution is 2.30. The molecule has 0 spiro atoms. The average Bonchev–Trinajstić information content (AvgIpc) is 2.38. The van der Waals surface area contributed by atoms with Crippen LogP contribution in [0, 0.1) is 5.82 Å². The van der Waals surface area contributed by atoms with Crippen molar-refractivity contribution in [3.05, 3.63) is 23.5 Å². The highest BCUT2D eigenvalue weighted by atomic mass is 32.2. The summed E-state index contributed by atoms with van der Waals surface area (Å²) in [6.45, 7) is 0.981. The van der Waals surface area contributed by atoms with Gasteiger partial charge in [0.1, 0.15) is 5.82 Å². The second-order valence-corrected chi connectivity index (χ2v) is 8.03. The Morgan fingerprint density at radius 3 is 2.70 bits per heavy atom. The highest BCUT2D eigenvalue weighted by Gasteiger charge is 2.20. The second-order valence-electron chi connectivity index (χ2n) is 5.23. The number of thioether (sulfide) groups is 1. The van der Waals surface area contributed by atoms with Crippen LogP contribution in [-0.2, 0) is 16.3 Å². The predicted molar refractivity (Wildman–Crippen MR) is 80.6 cm³/mol. The van der Waals surface area contributed by atoms with Crippen molar-refractivity contribution in [3.8, 4) is 0 Å². The largest absolute Gasteiger partial charge is 0.314 e. The quantitative estimate of drug-likeness (QED) is 0.867. The zero-order valence-electron chi connectivity index (χ0n) is 11.8. The van der Waals surface area contributed by atoms with Gasteiger partial charge < -0.3 is 5.32 Å². The van der Waals surface area contributed by atoms with Crippen molar-refractivity contribution in [1.82, 2.24) is 5.32 Å². The van der Waals surface area contributed by atoms with Gasteiger partial charge in [-0.25, -0.2) is 12.8 Å². The van der Waals surface area contributed by atoms with Crippen LogP contribution in [-0.4, -0.2) is 33.5 Å². The van der Waals surface area contributed by atoms with Crippen LogP contribution in [0.3, 0.4) is 0 Å². The third-order valence-electron chi connectivity index (χ3n) is 3.57. The molecule has 3 nitrogen and oxygen atoms in total. The SMILES string of the molecule is CSc1c(F)cc(CC2CCCCN2)cc1S(C)(=O)=O. The third kappa shape index (κ3) is 3.74. The molecule has 0 saturated carbocycles. The lowest BCUT2D eigenvalue weighted by atomic mass is 9.98. The Labute approximate surface area is 124 Å². The van der Waals surface area contributed by atoms with Crippen molar-refractivity contribution in [2.24, 2.45) is 0 Å². The molecule has 0 aromatic heterocycles. The van der Waals surface area contributed by atoms with Crippen LogP contribution in [0.25, 0.3) is 0 Å². The van der Waals surface area contributed by atoms with Crippen LogP contribution in [0.4, 0.5) is 4.39 Å². The fraction of sp³-hybridized carbons (Fsp3) is 0.571. The van der Waals surface area contributed by atoms with Gasteiger partial charge in [0.25, 0.3) is 0 Å². The van der Waals surface area contributed by atoms with Crippen molar-refractivity contribution < 1.29 is 12.8 Å². The maximum atomic E-state index is 14.1. The first kappa shape index (κ1) is 15.8. The lowest BCUT2D eigenvalue weighted by Crippen LogP contribution is -2.35. The van der Waals surface area contributed by atoms with E-state index in [0.717, 1.165) is 36.5 Å². The second kappa shape index (κ2) is 6.45. The Morgan fingerprint density at radius 2 is 2.15 bits per heavy atom. The van der Waals surface area contributed by atoms with Crippen LogP contribution in [0.15, 0.2) is 21.9 Å². The van der Waals surface area contributed by atoms with E-state index in [1.54, 1.807) is 12.3 Å². The molecule has 0 radical (unpaired) electrons. The summed E-state index contributed by atoms with van der Waals surface area (Å²) in [4.78, 5) is 0.323. The van der Waals surface area contributed by atoms with E-state index >= 15 is 0 Å². The molecule has 6 heteroatoms. The van der Waals surface area contributed by atoms with Gasteiger partial charge in [0.05, 0.1) is 9.79 Å². The lowest BCUT2D eigenvalue weighted by Gasteiger charge is -2.23. The van der Waals surface area contributed by atoms with Gasteiger partial charge in [0, 0.05) is 12.3 Å². The minimum absolute atomic E-state index is 0.107. The van der Waals surface area contributed by atoms with Crippen LogP contribution in [0.1, 0.15) is 24.8 Å². The van der Waals surface area contributed by atoms with Gasteiger partial charge in [-0.3, -0.25) is 0 Å². The molecule has 1 N–H and O–H groups in total. The van der Waals surface area contributed by atoms with Crippen molar-refractivity contribution in [2.75, 3.05) is 19.1 Å². The molecule has 0 amide bonds. The summed E-state index contributed by atoms with van der Waals surface area (Å²) >= 11 is 1.13. The van der Waals surface area contributed by atoms with Gasteiger partial charge in [-0.15, -0.1) is 11.8 Å². The Bertz CT molecular complexity index is 581. The van der Waals surface area contributed by atoms with E-state index in [2.05, 4.69) is 5.32 Å². The van der Waals surface area contributed by atoms with Gasteiger partial charge in [0.15, 0.2) is 9.84 Å². The average molecular weight is 317 g/mol. The Kier molecular flexibility index (Phi) is 5.09. The number of sulfone groups is 1. The number of hydrogen-bond donors (Lipinski definition) is 1. The fourth-order valence-electron chi connectivity index (χ4n) is 2.60. The number of nitrogens with one attached hydrogen (secondary N) is 1. The first-order valence-electron chi connectivity index (χ1n) is 6.71. The van der Waals surface area contributed by atoms with Gasteiger partial charge >= 0.3 is 0 Å². The molecule has 0 bridgehead atoms. The predicted octanol–water partition coefficient (Wildman–Crippen LogP) is 2.64. The van der Waals surface area contributed by atoms with E-state index in [-0.39, 0.29) is 9.79 Å².